The van der Waals surface area contributed by atoms with E-state index in [-0.39, 0.29) is 57.0 Å². The van der Waals surface area contributed by atoms with Crippen LogP contribution < -0.4 is 15.9 Å². The standard InChI is InChI=1S/C15H18N2O5.Ca/c16-11(13(18)19)5-6-15(22,14(20)21)7-9-8-17-12-4-2-1-3-10(9)12;/h1-4,8,11,17,22H,5-7,16H2,(H,18,19)(H,20,21);/q;+2/p-2/t11?,15-;/m1./s1. The quantitative estimate of drug-likeness (QED) is 0.481. The van der Waals surface area contributed by atoms with E-state index in [1.54, 1.807) is 18.3 Å². The number of fused-ring (bicyclic) bond motifs is 1. The molecule has 2 rings (SSSR count). The Morgan fingerprint density at radius 3 is 2.57 bits per heavy atom. The maximum absolute atomic E-state index is 11.3. The largest absolute Gasteiger partial charge is 2.00 e. The van der Waals surface area contributed by atoms with Crippen molar-refractivity contribution in [2.75, 3.05) is 0 Å². The van der Waals surface area contributed by atoms with Gasteiger partial charge in [0.2, 0.25) is 0 Å². The number of aromatic nitrogens is 1. The first-order chi connectivity index (χ1) is 10.3. The fourth-order valence-corrected chi connectivity index (χ4v) is 2.37. The predicted octanol–water partition coefficient (Wildman–Crippen LogP) is -2.33. The fourth-order valence-electron chi connectivity index (χ4n) is 2.37. The first kappa shape index (κ1) is 19.9. The van der Waals surface area contributed by atoms with Gasteiger partial charge in [0, 0.05) is 29.6 Å². The van der Waals surface area contributed by atoms with Crippen LogP contribution in [0.5, 0.6) is 0 Å². The number of aliphatic hydroxyl groups is 1. The Balaban J connectivity index is 0.00000264. The summed E-state index contributed by atoms with van der Waals surface area (Å²) in [6.45, 7) is 0. The normalized spacial score (nSPS) is 14.7. The minimum atomic E-state index is -2.20. The molecule has 118 valence electrons. The Morgan fingerprint density at radius 2 is 1.96 bits per heavy atom. The Hall–Kier alpha value is -1.12. The second-order valence-electron chi connectivity index (χ2n) is 5.32. The van der Waals surface area contributed by atoms with Gasteiger partial charge in [0.15, 0.2) is 0 Å². The number of hydrogen-bond acceptors (Lipinski definition) is 6. The van der Waals surface area contributed by atoms with Gasteiger partial charge in [0.1, 0.15) is 5.60 Å². The number of carbonyl (C=O) groups is 2. The Morgan fingerprint density at radius 1 is 1.30 bits per heavy atom. The van der Waals surface area contributed by atoms with Crippen molar-refractivity contribution in [1.82, 2.24) is 4.98 Å². The number of benzene rings is 1. The molecule has 4 N–H and O–H groups in total. The Labute approximate surface area is 162 Å². The van der Waals surface area contributed by atoms with E-state index in [9.17, 15) is 24.9 Å². The molecular weight excluding hydrogens is 328 g/mol. The molecule has 0 saturated carbocycles. The molecule has 0 radical (unpaired) electrons. The SMILES string of the molecule is NC(CC[C@@](O)(Cc1c[nH]c2ccccc12)C(=O)[O-])C(=O)[O-].[Ca+2]. The van der Waals surface area contributed by atoms with Crippen molar-refractivity contribution in [2.24, 2.45) is 5.73 Å². The van der Waals surface area contributed by atoms with E-state index in [2.05, 4.69) is 4.98 Å². The molecule has 1 unspecified atom stereocenters. The number of carbonyl (C=O) groups excluding carboxylic acids is 2. The molecule has 0 aliphatic rings. The van der Waals surface area contributed by atoms with Crippen molar-refractivity contribution in [3.8, 4) is 0 Å². The van der Waals surface area contributed by atoms with Crippen LogP contribution in [-0.4, -0.2) is 71.4 Å². The third-order valence-corrected chi connectivity index (χ3v) is 3.71. The molecule has 1 heterocycles. The zero-order valence-corrected chi connectivity index (χ0v) is 14.7. The van der Waals surface area contributed by atoms with Gasteiger partial charge in [-0.25, -0.2) is 0 Å². The van der Waals surface area contributed by atoms with Gasteiger partial charge in [0.25, 0.3) is 0 Å². The van der Waals surface area contributed by atoms with Crippen LogP contribution in [0.4, 0.5) is 0 Å². The number of aliphatic carboxylic acids is 2. The predicted molar refractivity (Wildman–Crippen MR) is 79.9 cm³/mol. The molecule has 0 aliphatic carbocycles. The molecule has 2 aromatic rings. The molecule has 8 heteroatoms. The summed E-state index contributed by atoms with van der Waals surface area (Å²) in [5.74, 6) is -3.16. The van der Waals surface area contributed by atoms with Gasteiger partial charge in [-0.1, -0.05) is 18.2 Å². The number of hydrogen-bond donors (Lipinski definition) is 3. The molecule has 0 bridgehead atoms. The number of para-hydroxylation sites is 1. The molecule has 0 spiro atoms. The van der Waals surface area contributed by atoms with Gasteiger partial charge in [-0.05, 0) is 24.5 Å². The molecule has 0 fully saturated rings. The van der Waals surface area contributed by atoms with Gasteiger partial charge < -0.3 is 35.6 Å². The molecule has 0 aliphatic heterocycles. The van der Waals surface area contributed by atoms with Crippen LogP contribution >= 0.6 is 0 Å². The summed E-state index contributed by atoms with van der Waals surface area (Å²) < 4.78 is 0. The Kier molecular flexibility index (Phi) is 7.03. The second-order valence-corrected chi connectivity index (χ2v) is 5.32. The molecule has 7 nitrogen and oxygen atoms in total. The van der Waals surface area contributed by atoms with Crippen LogP contribution in [-0.2, 0) is 16.0 Å². The smallest absolute Gasteiger partial charge is 0.548 e. The van der Waals surface area contributed by atoms with E-state index >= 15 is 0 Å². The third kappa shape index (κ3) is 4.68. The number of nitrogens with two attached hydrogens (primary N) is 1. The van der Waals surface area contributed by atoms with Crippen LogP contribution in [0.3, 0.4) is 0 Å². The summed E-state index contributed by atoms with van der Waals surface area (Å²) in [6.07, 6.45) is 0.829. The number of carboxylic acid groups (broad SMARTS) is 2. The van der Waals surface area contributed by atoms with Gasteiger partial charge in [-0.3, -0.25) is 0 Å². The van der Waals surface area contributed by atoms with E-state index in [0.717, 1.165) is 10.9 Å². The average Bonchev–Trinajstić information content (AvgIpc) is 2.87. The number of carboxylic acids is 2. The van der Waals surface area contributed by atoms with Crippen LogP contribution in [0, 0.1) is 0 Å². The summed E-state index contributed by atoms with van der Waals surface area (Å²) in [6, 6.07) is 5.90. The molecule has 2 atom stereocenters. The van der Waals surface area contributed by atoms with Crippen molar-refractivity contribution in [3.05, 3.63) is 36.0 Å². The maximum Gasteiger partial charge on any atom is 2.00 e. The monoisotopic (exact) mass is 344 g/mol. The van der Waals surface area contributed by atoms with Crippen molar-refractivity contribution < 1.29 is 24.9 Å². The fraction of sp³-hybridized carbons (Fsp3) is 0.333. The molecular formula is C15H16CaN2O5. The number of aromatic amines is 1. The van der Waals surface area contributed by atoms with E-state index in [4.69, 9.17) is 5.73 Å². The van der Waals surface area contributed by atoms with Crippen LogP contribution in [0.25, 0.3) is 10.9 Å². The summed E-state index contributed by atoms with van der Waals surface area (Å²) in [4.78, 5) is 24.9. The van der Waals surface area contributed by atoms with Crippen molar-refractivity contribution in [2.45, 2.75) is 30.9 Å². The first-order valence-corrected chi connectivity index (χ1v) is 6.79. The number of nitrogens with one attached hydrogen (secondary N) is 1. The van der Waals surface area contributed by atoms with Crippen molar-refractivity contribution in [1.29, 1.82) is 0 Å². The van der Waals surface area contributed by atoms with Gasteiger partial charge >= 0.3 is 37.7 Å². The van der Waals surface area contributed by atoms with Crippen LogP contribution in [0.2, 0.25) is 0 Å². The molecule has 1 aromatic carbocycles. The van der Waals surface area contributed by atoms with Crippen LogP contribution in [0.15, 0.2) is 30.5 Å². The third-order valence-electron chi connectivity index (χ3n) is 3.71. The number of H-pyrrole nitrogens is 1. The minimum Gasteiger partial charge on any atom is -0.548 e. The second kappa shape index (κ2) is 8.12. The summed E-state index contributed by atoms with van der Waals surface area (Å²) in [7, 11) is 0. The first-order valence-electron chi connectivity index (χ1n) is 6.79. The average molecular weight is 344 g/mol. The van der Waals surface area contributed by atoms with E-state index < -0.39 is 23.6 Å². The summed E-state index contributed by atoms with van der Waals surface area (Å²) in [5.41, 5.74) is 4.51. The van der Waals surface area contributed by atoms with Crippen molar-refractivity contribution >= 4 is 60.6 Å². The molecule has 0 amide bonds. The summed E-state index contributed by atoms with van der Waals surface area (Å²) in [5, 5.41) is 33.0. The summed E-state index contributed by atoms with van der Waals surface area (Å²) >= 11 is 0. The van der Waals surface area contributed by atoms with Gasteiger partial charge in [-0.2, -0.15) is 0 Å². The van der Waals surface area contributed by atoms with Gasteiger partial charge in [-0.15, -0.1) is 0 Å². The molecule has 1 aromatic heterocycles. The van der Waals surface area contributed by atoms with E-state index in [1.807, 2.05) is 12.1 Å². The van der Waals surface area contributed by atoms with Gasteiger partial charge in [0.05, 0.1) is 11.9 Å². The Bertz CT molecular complexity index is 702. The minimum absolute atomic E-state index is 0. The zero-order valence-electron chi connectivity index (χ0n) is 12.5. The number of rotatable bonds is 7. The van der Waals surface area contributed by atoms with E-state index in [1.165, 1.54) is 0 Å². The van der Waals surface area contributed by atoms with Crippen molar-refractivity contribution in [3.63, 3.8) is 0 Å². The van der Waals surface area contributed by atoms with Crippen LogP contribution in [0.1, 0.15) is 18.4 Å². The topological polar surface area (TPSA) is 142 Å². The molecule has 23 heavy (non-hydrogen) atoms. The maximum atomic E-state index is 11.3. The van der Waals surface area contributed by atoms with E-state index in [0.29, 0.717) is 5.56 Å². The molecule has 0 saturated heterocycles. The zero-order chi connectivity index (χ0) is 16.3.